The maximum atomic E-state index is 12.4. The summed E-state index contributed by atoms with van der Waals surface area (Å²) >= 11 is 1.37. The average molecular weight is 393 g/mol. The van der Waals surface area contributed by atoms with Crippen molar-refractivity contribution in [2.24, 2.45) is 5.92 Å². The van der Waals surface area contributed by atoms with Gasteiger partial charge in [-0.3, -0.25) is 4.90 Å². The number of hydrogen-bond acceptors (Lipinski definition) is 8. The van der Waals surface area contributed by atoms with E-state index in [0.29, 0.717) is 17.4 Å². The van der Waals surface area contributed by atoms with Gasteiger partial charge >= 0.3 is 5.97 Å². The molecule has 2 aromatic heterocycles. The van der Waals surface area contributed by atoms with E-state index < -0.39 is 0 Å². The summed E-state index contributed by atoms with van der Waals surface area (Å²) < 4.78 is 10.8. The third-order valence-electron chi connectivity index (χ3n) is 4.51. The molecule has 1 aliphatic heterocycles. The topological polar surface area (TPSA) is 76.6 Å². The lowest BCUT2D eigenvalue weighted by Gasteiger charge is -2.26. The normalized spacial score (nSPS) is 15.4. The molecule has 0 atom stereocenters. The monoisotopic (exact) mass is 392 g/mol. The SMILES string of the molecule is Cc1c(C(=O)OCC(C)C)sc2ncnc(NCCCN3CCOCC3)c12. The van der Waals surface area contributed by atoms with Gasteiger partial charge < -0.3 is 14.8 Å². The number of morpholine rings is 1. The second-order valence-corrected chi connectivity index (χ2v) is 8.18. The Morgan fingerprint density at radius 1 is 1.37 bits per heavy atom. The number of aryl methyl sites for hydroxylation is 1. The van der Waals surface area contributed by atoms with Crippen LogP contribution in [0.1, 0.15) is 35.5 Å². The Kier molecular flexibility index (Phi) is 6.98. The van der Waals surface area contributed by atoms with Gasteiger partial charge in [0, 0.05) is 19.6 Å². The van der Waals surface area contributed by atoms with Crippen LogP contribution in [-0.2, 0) is 9.47 Å². The average Bonchev–Trinajstić information content (AvgIpc) is 3.02. The summed E-state index contributed by atoms with van der Waals surface area (Å²) in [4.78, 5) is 25.0. The molecule has 0 unspecified atom stereocenters. The molecular formula is C19H28N4O3S. The lowest BCUT2D eigenvalue weighted by atomic mass is 10.2. The molecule has 0 aromatic carbocycles. The fourth-order valence-electron chi connectivity index (χ4n) is 3.04. The molecule has 1 aliphatic rings. The Morgan fingerprint density at radius 2 is 2.15 bits per heavy atom. The molecule has 148 valence electrons. The molecule has 1 saturated heterocycles. The first-order valence-electron chi connectivity index (χ1n) is 9.51. The maximum Gasteiger partial charge on any atom is 0.348 e. The summed E-state index contributed by atoms with van der Waals surface area (Å²) in [5, 5.41) is 4.34. The van der Waals surface area contributed by atoms with Crippen LogP contribution in [0.15, 0.2) is 6.33 Å². The number of anilines is 1. The van der Waals surface area contributed by atoms with Gasteiger partial charge in [-0.15, -0.1) is 11.3 Å². The maximum absolute atomic E-state index is 12.4. The zero-order chi connectivity index (χ0) is 19.2. The highest BCUT2D eigenvalue weighted by molar-refractivity contribution is 7.20. The highest BCUT2D eigenvalue weighted by Gasteiger charge is 2.20. The first kappa shape index (κ1) is 20.0. The van der Waals surface area contributed by atoms with Crippen molar-refractivity contribution in [2.45, 2.75) is 27.2 Å². The summed E-state index contributed by atoms with van der Waals surface area (Å²) in [6.45, 7) is 11.9. The summed E-state index contributed by atoms with van der Waals surface area (Å²) in [5.41, 5.74) is 0.889. The van der Waals surface area contributed by atoms with Crippen LogP contribution in [0.4, 0.5) is 5.82 Å². The Balaban J connectivity index is 1.64. The molecule has 3 heterocycles. The molecule has 0 spiro atoms. The number of rotatable bonds is 8. The molecule has 2 aromatic rings. The van der Waals surface area contributed by atoms with Crippen LogP contribution < -0.4 is 5.32 Å². The fourth-order valence-corrected chi connectivity index (χ4v) is 4.08. The number of fused-ring (bicyclic) bond motifs is 1. The van der Waals surface area contributed by atoms with E-state index in [0.717, 1.165) is 67.4 Å². The number of carbonyl (C=O) groups is 1. The number of thiophene rings is 1. The number of ether oxygens (including phenoxy) is 2. The minimum Gasteiger partial charge on any atom is -0.461 e. The number of hydrogen-bond donors (Lipinski definition) is 1. The fraction of sp³-hybridized carbons (Fsp3) is 0.632. The van der Waals surface area contributed by atoms with E-state index in [1.165, 1.54) is 11.3 Å². The summed E-state index contributed by atoms with van der Waals surface area (Å²) in [7, 11) is 0. The standard InChI is InChI=1S/C19H28N4O3S/c1-13(2)11-26-19(24)16-14(3)15-17(21-12-22-18(15)27-16)20-5-4-6-23-7-9-25-10-8-23/h12-13H,4-11H2,1-3H3,(H,20,21,22). The van der Waals surface area contributed by atoms with Crippen molar-refractivity contribution in [1.29, 1.82) is 0 Å². The lowest BCUT2D eigenvalue weighted by molar-refractivity contribution is 0.0378. The van der Waals surface area contributed by atoms with Crippen LogP contribution >= 0.6 is 11.3 Å². The quantitative estimate of drug-likeness (QED) is 0.547. The van der Waals surface area contributed by atoms with Crippen LogP contribution in [0.25, 0.3) is 10.2 Å². The summed E-state index contributed by atoms with van der Waals surface area (Å²) in [6.07, 6.45) is 2.57. The van der Waals surface area contributed by atoms with Crippen molar-refractivity contribution in [1.82, 2.24) is 14.9 Å². The highest BCUT2D eigenvalue weighted by atomic mass is 32.1. The van der Waals surface area contributed by atoms with Crippen molar-refractivity contribution < 1.29 is 14.3 Å². The van der Waals surface area contributed by atoms with Crippen molar-refractivity contribution in [3.63, 3.8) is 0 Å². The van der Waals surface area contributed by atoms with Crippen molar-refractivity contribution >= 4 is 33.3 Å². The summed E-state index contributed by atoms with van der Waals surface area (Å²) in [5.74, 6) is 0.827. The zero-order valence-corrected chi connectivity index (χ0v) is 17.1. The minimum absolute atomic E-state index is 0.275. The molecule has 8 heteroatoms. The Bertz CT molecular complexity index is 772. The smallest absolute Gasteiger partial charge is 0.348 e. The molecular weight excluding hydrogens is 364 g/mol. The van der Waals surface area contributed by atoms with Crippen LogP contribution in [0.5, 0.6) is 0 Å². The molecule has 0 radical (unpaired) electrons. The second-order valence-electron chi connectivity index (χ2n) is 7.19. The number of esters is 1. The van der Waals surface area contributed by atoms with Gasteiger partial charge in [-0.1, -0.05) is 13.8 Å². The van der Waals surface area contributed by atoms with Gasteiger partial charge in [-0.25, -0.2) is 14.8 Å². The van der Waals surface area contributed by atoms with E-state index in [9.17, 15) is 4.79 Å². The van der Waals surface area contributed by atoms with E-state index in [-0.39, 0.29) is 5.97 Å². The molecule has 0 bridgehead atoms. The molecule has 0 amide bonds. The van der Waals surface area contributed by atoms with Gasteiger partial charge in [-0.05, 0) is 31.4 Å². The predicted molar refractivity (Wildman–Crippen MR) is 108 cm³/mol. The third-order valence-corrected chi connectivity index (χ3v) is 5.69. The summed E-state index contributed by atoms with van der Waals surface area (Å²) in [6, 6.07) is 0. The van der Waals surface area contributed by atoms with Gasteiger partial charge in [0.05, 0.1) is 25.2 Å². The van der Waals surface area contributed by atoms with E-state index in [2.05, 4.69) is 20.2 Å². The van der Waals surface area contributed by atoms with Crippen molar-refractivity contribution in [3.8, 4) is 0 Å². The number of aromatic nitrogens is 2. The number of carbonyl (C=O) groups excluding carboxylic acids is 1. The zero-order valence-electron chi connectivity index (χ0n) is 16.3. The van der Waals surface area contributed by atoms with Gasteiger partial charge in [0.2, 0.25) is 0 Å². The largest absolute Gasteiger partial charge is 0.461 e. The van der Waals surface area contributed by atoms with Crippen LogP contribution in [-0.4, -0.2) is 66.8 Å². The molecule has 0 aliphatic carbocycles. The van der Waals surface area contributed by atoms with Gasteiger partial charge in [0.25, 0.3) is 0 Å². The first-order chi connectivity index (χ1) is 13.1. The van der Waals surface area contributed by atoms with Crippen molar-refractivity contribution in [2.75, 3.05) is 51.3 Å². The van der Waals surface area contributed by atoms with Crippen LogP contribution in [0.2, 0.25) is 0 Å². The first-order valence-corrected chi connectivity index (χ1v) is 10.3. The Morgan fingerprint density at radius 3 is 2.89 bits per heavy atom. The van der Waals surface area contributed by atoms with Gasteiger partial charge in [0.15, 0.2) is 0 Å². The molecule has 3 rings (SSSR count). The van der Waals surface area contributed by atoms with E-state index in [4.69, 9.17) is 9.47 Å². The lowest BCUT2D eigenvalue weighted by Crippen LogP contribution is -2.37. The third kappa shape index (κ3) is 5.15. The van der Waals surface area contributed by atoms with E-state index in [1.807, 2.05) is 20.8 Å². The van der Waals surface area contributed by atoms with E-state index >= 15 is 0 Å². The number of nitrogens with zero attached hydrogens (tertiary/aromatic N) is 3. The van der Waals surface area contributed by atoms with Crippen molar-refractivity contribution in [3.05, 3.63) is 16.8 Å². The molecule has 0 saturated carbocycles. The van der Waals surface area contributed by atoms with Gasteiger partial charge in [0.1, 0.15) is 21.9 Å². The molecule has 27 heavy (non-hydrogen) atoms. The van der Waals surface area contributed by atoms with E-state index in [1.54, 1.807) is 6.33 Å². The Labute approximate surface area is 164 Å². The molecule has 7 nitrogen and oxygen atoms in total. The predicted octanol–water partition coefficient (Wildman–Crippen LogP) is 2.95. The molecule has 1 fully saturated rings. The van der Waals surface area contributed by atoms with Crippen LogP contribution in [0.3, 0.4) is 0 Å². The highest BCUT2D eigenvalue weighted by Crippen LogP contribution is 2.33. The Hall–Kier alpha value is -1.77. The molecule has 1 N–H and O–H groups in total. The second kappa shape index (κ2) is 9.43. The van der Waals surface area contributed by atoms with Crippen LogP contribution in [0, 0.1) is 12.8 Å². The minimum atomic E-state index is -0.275. The number of nitrogens with one attached hydrogen (secondary N) is 1. The van der Waals surface area contributed by atoms with Gasteiger partial charge in [-0.2, -0.15) is 0 Å².